The number of hydrogen-bond acceptors (Lipinski definition) is 6. The molecule has 1 fully saturated rings. The third-order valence-corrected chi connectivity index (χ3v) is 8.08. The summed E-state index contributed by atoms with van der Waals surface area (Å²) < 4.78 is 2.05. The average Bonchev–Trinajstić information content (AvgIpc) is 3.56. The molecule has 2 aromatic heterocycles. The maximum Gasteiger partial charge on any atom is 0.225 e. The van der Waals surface area contributed by atoms with E-state index in [1.807, 2.05) is 59.6 Å². The number of aromatic nitrogens is 4. The molecule has 0 N–H and O–H groups in total. The van der Waals surface area contributed by atoms with Gasteiger partial charge in [0.05, 0.1) is 24.5 Å². The number of likely N-dealkylation sites (N-methyl/N-ethyl adjacent to an activating group) is 1. The predicted octanol–water partition coefficient (Wildman–Crippen LogP) is 5.53. The van der Waals surface area contributed by atoms with Crippen molar-refractivity contribution in [2.75, 3.05) is 14.1 Å². The molecule has 1 saturated carbocycles. The molecular formula is C30H41N7O. The van der Waals surface area contributed by atoms with E-state index in [4.69, 9.17) is 0 Å². The van der Waals surface area contributed by atoms with Gasteiger partial charge in [0.25, 0.3) is 0 Å². The van der Waals surface area contributed by atoms with E-state index in [9.17, 15) is 4.79 Å². The summed E-state index contributed by atoms with van der Waals surface area (Å²) in [5, 5.41) is 11.0. The van der Waals surface area contributed by atoms with E-state index in [0.29, 0.717) is 11.9 Å². The van der Waals surface area contributed by atoms with Crippen LogP contribution in [-0.4, -0.2) is 68.0 Å². The van der Waals surface area contributed by atoms with Crippen LogP contribution in [0.15, 0.2) is 59.8 Å². The van der Waals surface area contributed by atoms with E-state index >= 15 is 0 Å². The fourth-order valence-electron chi connectivity index (χ4n) is 5.15. The van der Waals surface area contributed by atoms with Gasteiger partial charge >= 0.3 is 0 Å². The van der Waals surface area contributed by atoms with E-state index in [1.54, 1.807) is 0 Å². The second-order valence-electron chi connectivity index (χ2n) is 10.7. The highest BCUT2D eigenvalue weighted by Crippen LogP contribution is 2.34. The number of hydrazone groups is 1. The van der Waals surface area contributed by atoms with Gasteiger partial charge in [-0.1, -0.05) is 19.6 Å². The fraction of sp³-hybridized carbons (Fsp3) is 0.500. The van der Waals surface area contributed by atoms with Crippen LogP contribution in [0.4, 0.5) is 0 Å². The number of amides is 1. The minimum Gasteiger partial charge on any atom is -0.343 e. The molecular weight excluding hydrogens is 474 g/mol. The van der Waals surface area contributed by atoms with Gasteiger partial charge in [0.1, 0.15) is 0 Å². The lowest BCUT2D eigenvalue weighted by atomic mass is 9.85. The van der Waals surface area contributed by atoms with Crippen LogP contribution in [0, 0.1) is 5.92 Å². The van der Waals surface area contributed by atoms with E-state index in [1.165, 1.54) is 11.1 Å². The Morgan fingerprint density at radius 3 is 2.39 bits per heavy atom. The first-order valence-electron chi connectivity index (χ1n) is 13.7. The quantitative estimate of drug-likeness (QED) is 0.432. The zero-order valence-electron chi connectivity index (χ0n) is 23.6. The molecule has 8 nitrogen and oxygen atoms in total. The fourth-order valence-corrected chi connectivity index (χ4v) is 5.15. The molecule has 1 atom stereocenters. The van der Waals surface area contributed by atoms with Crippen LogP contribution in [0.5, 0.6) is 0 Å². The Kier molecular flexibility index (Phi) is 8.59. The van der Waals surface area contributed by atoms with Crippen molar-refractivity contribution in [1.82, 2.24) is 29.7 Å². The van der Waals surface area contributed by atoms with Crippen molar-refractivity contribution in [3.05, 3.63) is 60.5 Å². The number of nitrogens with zero attached hydrogens (tertiary/aromatic N) is 7. The molecule has 0 aromatic carbocycles. The maximum atomic E-state index is 12.7. The van der Waals surface area contributed by atoms with Crippen LogP contribution < -0.4 is 0 Å². The standard InChI is InChI=1S/C30H41N7O/c1-8-22(28-18-33-36(7)21(28)5)14-23(9-2)29-31-15-25(16-32-29)26-17-34-37(19-26)27-12-10-24(11-13-27)30(38)35(6)20(3)4/h9,14-21,24,27H,2,8,10-13H2,1,3-7H3/b23-14+,28-22-. The van der Waals surface area contributed by atoms with Crippen molar-refractivity contribution in [3.63, 3.8) is 0 Å². The van der Waals surface area contributed by atoms with Gasteiger partial charge in [0, 0.05) is 61.3 Å². The predicted molar refractivity (Wildman–Crippen MR) is 153 cm³/mol. The summed E-state index contributed by atoms with van der Waals surface area (Å²) in [6.45, 7) is 12.4. The highest BCUT2D eigenvalue weighted by Gasteiger charge is 2.30. The first-order valence-corrected chi connectivity index (χ1v) is 13.7. The van der Waals surface area contributed by atoms with Crippen molar-refractivity contribution < 1.29 is 4.79 Å². The summed E-state index contributed by atoms with van der Waals surface area (Å²) in [7, 11) is 3.89. The molecule has 0 spiro atoms. The number of hydrogen-bond donors (Lipinski definition) is 0. The third-order valence-electron chi connectivity index (χ3n) is 8.08. The van der Waals surface area contributed by atoms with Crippen LogP contribution in [-0.2, 0) is 4.79 Å². The lowest BCUT2D eigenvalue weighted by molar-refractivity contribution is -0.137. The van der Waals surface area contributed by atoms with Crippen molar-refractivity contribution in [3.8, 4) is 11.1 Å². The number of carbonyl (C=O) groups is 1. The smallest absolute Gasteiger partial charge is 0.225 e. The second-order valence-corrected chi connectivity index (χ2v) is 10.7. The van der Waals surface area contributed by atoms with Gasteiger partial charge in [0.2, 0.25) is 5.91 Å². The van der Waals surface area contributed by atoms with Gasteiger partial charge in [-0.05, 0) is 70.1 Å². The van der Waals surface area contributed by atoms with Gasteiger partial charge in [-0.15, -0.1) is 0 Å². The minimum atomic E-state index is 0.121. The van der Waals surface area contributed by atoms with E-state index < -0.39 is 0 Å². The average molecular weight is 516 g/mol. The van der Waals surface area contributed by atoms with E-state index in [2.05, 4.69) is 66.7 Å². The normalized spacial score (nSPS) is 23.2. The topological polar surface area (TPSA) is 79.5 Å². The van der Waals surface area contributed by atoms with Gasteiger partial charge in [-0.25, -0.2) is 9.97 Å². The van der Waals surface area contributed by atoms with Crippen LogP contribution in [0.1, 0.15) is 71.7 Å². The van der Waals surface area contributed by atoms with Gasteiger partial charge in [-0.2, -0.15) is 10.2 Å². The summed E-state index contributed by atoms with van der Waals surface area (Å²) in [5.74, 6) is 1.04. The van der Waals surface area contributed by atoms with Crippen LogP contribution in [0.2, 0.25) is 0 Å². The number of allylic oxidation sites excluding steroid dienone is 4. The van der Waals surface area contributed by atoms with Crippen molar-refractivity contribution in [2.24, 2.45) is 11.0 Å². The van der Waals surface area contributed by atoms with E-state index in [-0.39, 0.29) is 23.9 Å². The van der Waals surface area contributed by atoms with Gasteiger partial charge in [0.15, 0.2) is 5.82 Å². The molecule has 202 valence electrons. The molecule has 4 rings (SSSR count). The molecule has 0 bridgehead atoms. The van der Waals surface area contributed by atoms with Gasteiger partial charge < -0.3 is 4.90 Å². The van der Waals surface area contributed by atoms with E-state index in [0.717, 1.165) is 48.8 Å². The Hall–Kier alpha value is -3.55. The molecule has 3 heterocycles. The monoisotopic (exact) mass is 515 g/mol. The Bertz CT molecular complexity index is 1230. The largest absolute Gasteiger partial charge is 0.343 e. The first-order chi connectivity index (χ1) is 18.2. The molecule has 1 aliphatic heterocycles. The molecule has 1 unspecified atom stereocenters. The van der Waals surface area contributed by atoms with Gasteiger partial charge in [-0.3, -0.25) is 14.5 Å². The molecule has 0 radical (unpaired) electrons. The number of carbonyl (C=O) groups excluding carboxylic acids is 1. The van der Waals surface area contributed by atoms with Crippen LogP contribution in [0.3, 0.4) is 0 Å². The zero-order chi connectivity index (χ0) is 27.4. The summed E-state index contributed by atoms with van der Waals surface area (Å²) in [6, 6.07) is 0.788. The van der Waals surface area contributed by atoms with Crippen molar-refractivity contribution in [2.45, 2.75) is 77.9 Å². The second kappa shape index (κ2) is 11.9. The molecule has 1 amide bonds. The van der Waals surface area contributed by atoms with Crippen molar-refractivity contribution in [1.29, 1.82) is 0 Å². The Balaban J connectivity index is 1.44. The molecule has 8 heteroatoms. The maximum absolute atomic E-state index is 12.7. The molecule has 2 aliphatic rings. The highest BCUT2D eigenvalue weighted by atomic mass is 16.2. The van der Waals surface area contributed by atoms with Crippen molar-refractivity contribution >= 4 is 17.7 Å². The molecule has 2 aromatic rings. The summed E-state index contributed by atoms with van der Waals surface area (Å²) in [5.41, 5.74) is 5.23. The first kappa shape index (κ1) is 27.5. The summed E-state index contributed by atoms with van der Waals surface area (Å²) >= 11 is 0. The summed E-state index contributed by atoms with van der Waals surface area (Å²) in [4.78, 5) is 23.9. The highest BCUT2D eigenvalue weighted by molar-refractivity contribution is 5.85. The lowest BCUT2D eigenvalue weighted by Crippen LogP contribution is -2.39. The Morgan fingerprint density at radius 2 is 1.84 bits per heavy atom. The van der Waals surface area contributed by atoms with Crippen LogP contribution >= 0.6 is 0 Å². The third kappa shape index (κ3) is 5.79. The lowest BCUT2D eigenvalue weighted by Gasteiger charge is -2.32. The zero-order valence-corrected chi connectivity index (χ0v) is 23.6. The summed E-state index contributed by atoms with van der Waals surface area (Å²) in [6.07, 6.45) is 18.1. The Labute approximate surface area is 226 Å². The molecule has 38 heavy (non-hydrogen) atoms. The number of rotatable bonds is 8. The molecule has 1 aliphatic carbocycles. The minimum absolute atomic E-state index is 0.121. The SMILES string of the molecule is C=C/C(=C\C(CC)=C1\C=NN(C)C1C)c1ncc(-c2cnn(C3CCC(C(=O)N(C)C(C)C)CC3)c2)cn1. The van der Waals surface area contributed by atoms with Crippen LogP contribution in [0.25, 0.3) is 16.7 Å². The molecule has 0 saturated heterocycles. The Morgan fingerprint density at radius 1 is 1.16 bits per heavy atom.